The third kappa shape index (κ3) is 2.10. The van der Waals surface area contributed by atoms with Gasteiger partial charge in [-0.05, 0) is 61.4 Å². The predicted molar refractivity (Wildman–Crippen MR) is 78.6 cm³/mol. The molecule has 4 rings (SSSR count). The zero-order valence-electron chi connectivity index (χ0n) is 11.2. The van der Waals surface area contributed by atoms with E-state index in [1.54, 1.807) is 0 Å². The van der Waals surface area contributed by atoms with Gasteiger partial charge >= 0.3 is 0 Å². The van der Waals surface area contributed by atoms with E-state index in [-0.39, 0.29) is 0 Å². The molecule has 3 aliphatic heterocycles. The van der Waals surface area contributed by atoms with E-state index >= 15 is 0 Å². The quantitative estimate of drug-likeness (QED) is 0.784. The van der Waals surface area contributed by atoms with Gasteiger partial charge in [-0.3, -0.25) is 4.90 Å². The third-order valence-electron chi connectivity index (χ3n) is 5.25. The van der Waals surface area contributed by atoms with Gasteiger partial charge in [-0.15, -0.1) is 0 Å². The Balaban J connectivity index is 1.65. The van der Waals surface area contributed by atoms with Crippen molar-refractivity contribution in [3.63, 3.8) is 0 Å². The molecule has 0 radical (unpaired) electrons. The Labute approximate surface area is 120 Å². The number of piperidine rings is 2. The predicted octanol–water partition coefficient (Wildman–Crippen LogP) is 3.01. The highest BCUT2D eigenvalue weighted by atomic mass is 35.5. The molecule has 3 atom stereocenters. The summed E-state index contributed by atoms with van der Waals surface area (Å²) in [5, 5.41) is 4.63. The van der Waals surface area contributed by atoms with Crippen LogP contribution in [0, 0.1) is 5.92 Å². The van der Waals surface area contributed by atoms with Crippen molar-refractivity contribution in [1.29, 1.82) is 0 Å². The van der Waals surface area contributed by atoms with Crippen LogP contribution in [0.1, 0.15) is 36.4 Å². The molecule has 1 N–H and O–H groups in total. The Morgan fingerprint density at radius 3 is 3.21 bits per heavy atom. The zero-order chi connectivity index (χ0) is 12.8. The molecule has 0 aromatic heterocycles. The normalized spacial score (nSPS) is 34.3. The second-order valence-electron chi connectivity index (χ2n) is 6.30. The Kier molecular flexibility index (Phi) is 3.06. The molecule has 1 aromatic rings. The van der Waals surface area contributed by atoms with Crippen molar-refractivity contribution in [1.82, 2.24) is 10.2 Å². The maximum Gasteiger partial charge on any atom is 0.0408 e. The second kappa shape index (κ2) is 4.76. The van der Waals surface area contributed by atoms with Crippen LogP contribution in [0.25, 0.3) is 0 Å². The highest BCUT2D eigenvalue weighted by molar-refractivity contribution is 6.30. The van der Waals surface area contributed by atoms with Gasteiger partial charge in [-0.2, -0.15) is 0 Å². The number of halogens is 1. The van der Waals surface area contributed by atoms with Gasteiger partial charge in [0.2, 0.25) is 0 Å². The maximum absolute atomic E-state index is 6.14. The highest BCUT2D eigenvalue weighted by Crippen LogP contribution is 2.40. The number of benzene rings is 1. The van der Waals surface area contributed by atoms with Gasteiger partial charge in [0.25, 0.3) is 0 Å². The molecule has 0 spiro atoms. The lowest BCUT2D eigenvalue weighted by molar-refractivity contribution is 0.0552. The van der Waals surface area contributed by atoms with Gasteiger partial charge in [0.1, 0.15) is 0 Å². The molecule has 2 saturated heterocycles. The average molecular weight is 277 g/mol. The van der Waals surface area contributed by atoms with Gasteiger partial charge in [-0.1, -0.05) is 17.7 Å². The average Bonchev–Trinajstić information content (AvgIpc) is 2.44. The summed E-state index contributed by atoms with van der Waals surface area (Å²) in [6.45, 7) is 3.70. The molecule has 3 aliphatic rings. The fraction of sp³-hybridized carbons (Fsp3) is 0.625. The lowest BCUT2D eigenvalue weighted by Crippen LogP contribution is -2.54. The Morgan fingerprint density at radius 2 is 2.26 bits per heavy atom. The van der Waals surface area contributed by atoms with Crippen LogP contribution in [-0.4, -0.2) is 30.6 Å². The van der Waals surface area contributed by atoms with Gasteiger partial charge in [0.05, 0.1) is 0 Å². The van der Waals surface area contributed by atoms with Crippen LogP contribution in [0.15, 0.2) is 18.2 Å². The summed E-state index contributed by atoms with van der Waals surface area (Å²) in [7, 11) is 0. The van der Waals surface area contributed by atoms with Crippen LogP contribution in [0.3, 0.4) is 0 Å². The molecule has 2 fully saturated rings. The molecule has 1 aromatic carbocycles. The molecule has 3 heterocycles. The molecule has 0 bridgehead atoms. The van der Waals surface area contributed by atoms with E-state index in [2.05, 4.69) is 28.4 Å². The summed E-state index contributed by atoms with van der Waals surface area (Å²) in [5.41, 5.74) is 3.00. The first-order valence-corrected chi connectivity index (χ1v) is 7.95. The van der Waals surface area contributed by atoms with Crippen LogP contribution >= 0.6 is 11.6 Å². The molecule has 102 valence electrons. The minimum atomic E-state index is 0.618. The van der Waals surface area contributed by atoms with E-state index in [0.29, 0.717) is 6.04 Å². The van der Waals surface area contributed by atoms with Crippen LogP contribution < -0.4 is 5.32 Å². The summed E-state index contributed by atoms with van der Waals surface area (Å²) in [5.74, 6) is 0.874. The lowest BCUT2D eigenvalue weighted by atomic mass is 9.77. The molecule has 0 saturated carbocycles. The molecule has 2 nitrogen and oxygen atoms in total. The van der Waals surface area contributed by atoms with Gasteiger partial charge in [0.15, 0.2) is 0 Å². The number of nitrogens with zero attached hydrogens (tertiary/aromatic N) is 1. The SMILES string of the molecule is Clc1ccc2c(c1)CCN1C[C@@H]3CCCN[C@@H]3C[C@H]21. The topological polar surface area (TPSA) is 15.3 Å². The van der Waals surface area contributed by atoms with Gasteiger partial charge in [-0.25, -0.2) is 0 Å². The van der Waals surface area contributed by atoms with E-state index < -0.39 is 0 Å². The number of hydrogen-bond acceptors (Lipinski definition) is 2. The molecule has 3 heteroatoms. The van der Waals surface area contributed by atoms with E-state index in [0.717, 1.165) is 23.4 Å². The van der Waals surface area contributed by atoms with Crippen LogP contribution in [0.5, 0.6) is 0 Å². The third-order valence-corrected chi connectivity index (χ3v) is 5.48. The van der Waals surface area contributed by atoms with Crippen molar-refractivity contribution >= 4 is 11.6 Å². The van der Waals surface area contributed by atoms with Crippen LogP contribution in [0.4, 0.5) is 0 Å². The van der Waals surface area contributed by atoms with Crippen molar-refractivity contribution in [2.75, 3.05) is 19.6 Å². The van der Waals surface area contributed by atoms with E-state index in [4.69, 9.17) is 11.6 Å². The minimum Gasteiger partial charge on any atom is -0.314 e. The standard InChI is InChI=1S/C16H21ClN2/c17-13-3-4-14-11(8-13)5-7-19-10-12-2-1-6-18-15(12)9-16(14)19/h3-4,8,12,15-16,18H,1-2,5-7,9-10H2/t12-,15+,16+/m0/s1. The largest absolute Gasteiger partial charge is 0.314 e. The van der Waals surface area contributed by atoms with Crippen LogP contribution in [0.2, 0.25) is 5.02 Å². The first-order chi connectivity index (χ1) is 9.31. The van der Waals surface area contributed by atoms with Crippen LogP contribution in [-0.2, 0) is 6.42 Å². The van der Waals surface area contributed by atoms with Gasteiger partial charge in [0, 0.05) is 30.2 Å². The molecular weight excluding hydrogens is 256 g/mol. The Bertz CT molecular complexity index is 488. The molecule has 0 amide bonds. The lowest BCUT2D eigenvalue weighted by Gasteiger charge is -2.49. The van der Waals surface area contributed by atoms with E-state index in [1.807, 2.05) is 0 Å². The smallest absolute Gasteiger partial charge is 0.0408 e. The van der Waals surface area contributed by atoms with E-state index in [9.17, 15) is 0 Å². The van der Waals surface area contributed by atoms with Crippen molar-refractivity contribution in [3.8, 4) is 0 Å². The van der Waals surface area contributed by atoms with Crippen molar-refractivity contribution in [2.45, 2.75) is 37.8 Å². The molecule has 0 aliphatic carbocycles. The fourth-order valence-electron chi connectivity index (χ4n) is 4.28. The number of nitrogens with one attached hydrogen (secondary N) is 1. The summed E-state index contributed by atoms with van der Waals surface area (Å²) in [6.07, 6.45) is 5.21. The number of hydrogen-bond donors (Lipinski definition) is 1. The summed E-state index contributed by atoms with van der Waals surface area (Å²) in [4.78, 5) is 2.71. The summed E-state index contributed by atoms with van der Waals surface area (Å²) >= 11 is 6.14. The van der Waals surface area contributed by atoms with Crippen molar-refractivity contribution < 1.29 is 0 Å². The van der Waals surface area contributed by atoms with Crippen molar-refractivity contribution in [2.24, 2.45) is 5.92 Å². The minimum absolute atomic E-state index is 0.618. The summed E-state index contributed by atoms with van der Waals surface area (Å²) < 4.78 is 0. The first-order valence-electron chi connectivity index (χ1n) is 7.57. The second-order valence-corrected chi connectivity index (χ2v) is 6.74. The van der Waals surface area contributed by atoms with E-state index in [1.165, 1.54) is 50.0 Å². The zero-order valence-corrected chi connectivity index (χ0v) is 12.0. The molecule has 19 heavy (non-hydrogen) atoms. The maximum atomic E-state index is 6.14. The molecule has 0 unspecified atom stereocenters. The Hall–Kier alpha value is -0.570. The van der Waals surface area contributed by atoms with Crippen molar-refractivity contribution in [3.05, 3.63) is 34.3 Å². The monoisotopic (exact) mass is 276 g/mol. The summed E-state index contributed by atoms with van der Waals surface area (Å²) in [6, 6.07) is 7.85. The number of rotatable bonds is 0. The van der Waals surface area contributed by atoms with Gasteiger partial charge < -0.3 is 5.32 Å². The fourth-order valence-corrected chi connectivity index (χ4v) is 4.48. The first kappa shape index (κ1) is 12.2. The highest BCUT2D eigenvalue weighted by Gasteiger charge is 2.39. The molecular formula is C16H21ClN2. The number of fused-ring (bicyclic) bond motifs is 4. The Morgan fingerprint density at radius 1 is 1.32 bits per heavy atom.